The van der Waals surface area contributed by atoms with Crippen LogP contribution in [0.3, 0.4) is 0 Å². The van der Waals surface area contributed by atoms with Gasteiger partial charge in [0.25, 0.3) is 0 Å². The van der Waals surface area contributed by atoms with E-state index in [0.29, 0.717) is 6.04 Å². The fourth-order valence-electron chi connectivity index (χ4n) is 2.55. The van der Waals surface area contributed by atoms with Crippen molar-refractivity contribution < 1.29 is 0 Å². The maximum Gasteiger partial charge on any atom is 0.0573 e. The van der Waals surface area contributed by atoms with Gasteiger partial charge < -0.3 is 5.32 Å². The molecule has 0 saturated carbocycles. The maximum absolute atomic E-state index is 4.50. The Morgan fingerprint density at radius 1 is 1.56 bits per heavy atom. The summed E-state index contributed by atoms with van der Waals surface area (Å²) in [7, 11) is 0. The summed E-state index contributed by atoms with van der Waals surface area (Å²) in [6.07, 6.45) is 3.14. The molecular weight excluding hydrogens is 222 g/mol. The molecule has 2 rings (SSSR count). The predicted octanol–water partition coefficient (Wildman–Crippen LogP) is 2.21. The van der Waals surface area contributed by atoms with E-state index in [0.717, 1.165) is 32.1 Å². The lowest BCUT2D eigenvalue weighted by atomic mass is 9.97. The summed E-state index contributed by atoms with van der Waals surface area (Å²) in [5, 5.41) is 3.64. The molecule has 1 aliphatic heterocycles. The molecule has 100 valence electrons. The lowest BCUT2D eigenvalue weighted by molar-refractivity contribution is 0.160. The van der Waals surface area contributed by atoms with Gasteiger partial charge in [-0.25, -0.2) is 0 Å². The minimum absolute atomic E-state index is 0.632. The van der Waals surface area contributed by atoms with E-state index >= 15 is 0 Å². The quantitative estimate of drug-likeness (QED) is 0.884. The first kappa shape index (κ1) is 13.5. The number of aromatic nitrogens is 1. The van der Waals surface area contributed by atoms with Gasteiger partial charge in [0.2, 0.25) is 0 Å². The Bertz CT molecular complexity index is 378. The summed E-state index contributed by atoms with van der Waals surface area (Å²) in [5.41, 5.74) is 2.53. The lowest BCUT2D eigenvalue weighted by Gasteiger charge is -2.36. The zero-order valence-corrected chi connectivity index (χ0v) is 11.8. The predicted molar refractivity (Wildman–Crippen MR) is 75.5 cm³/mol. The molecular formula is C15H25N3. The molecule has 1 aromatic rings. The highest BCUT2D eigenvalue weighted by Gasteiger charge is 2.23. The van der Waals surface area contributed by atoms with Gasteiger partial charge in [0.05, 0.1) is 5.69 Å². The number of rotatable bonds is 4. The van der Waals surface area contributed by atoms with Crippen molar-refractivity contribution in [2.75, 3.05) is 19.6 Å². The third kappa shape index (κ3) is 3.30. The first-order valence-electron chi connectivity index (χ1n) is 7.07. The van der Waals surface area contributed by atoms with Crippen LogP contribution in [0.5, 0.6) is 0 Å². The first-order chi connectivity index (χ1) is 8.70. The van der Waals surface area contributed by atoms with Crippen molar-refractivity contribution in [2.24, 2.45) is 5.92 Å². The summed E-state index contributed by atoms with van der Waals surface area (Å²) in [6, 6.07) is 4.79. The van der Waals surface area contributed by atoms with Gasteiger partial charge in [-0.1, -0.05) is 26.3 Å². The molecule has 2 atom stereocenters. The van der Waals surface area contributed by atoms with Gasteiger partial charge in [-0.15, -0.1) is 0 Å². The van der Waals surface area contributed by atoms with Crippen LogP contribution < -0.4 is 5.32 Å². The standard InChI is InChI=1S/C15H25N3/c1-4-12(2)14-10-18(9-8-17-14)11-15-13(3)6-5-7-16-15/h5-7,12,14,17H,4,8-11H2,1-3H3. The van der Waals surface area contributed by atoms with E-state index < -0.39 is 0 Å². The van der Waals surface area contributed by atoms with E-state index in [1.807, 2.05) is 12.3 Å². The van der Waals surface area contributed by atoms with E-state index in [-0.39, 0.29) is 0 Å². The number of nitrogens with zero attached hydrogens (tertiary/aromatic N) is 2. The van der Waals surface area contributed by atoms with Crippen LogP contribution in [0.1, 0.15) is 31.5 Å². The summed E-state index contributed by atoms with van der Waals surface area (Å²) in [5.74, 6) is 0.748. The van der Waals surface area contributed by atoms with Gasteiger partial charge in [0.15, 0.2) is 0 Å². The molecule has 0 aromatic carbocycles. The molecule has 0 bridgehead atoms. The van der Waals surface area contributed by atoms with Crippen LogP contribution in [0, 0.1) is 12.8 Å². The SMILES string of the molecule is CCC(C)C1CN(Cc2ncccc2C)CCN1. The molecule has 1 aliphatic rings. The first-order valence-corrected chi connectivity index (χ1v) is 7.07. The Labute approximate surface area is 111 Å². The second-order valence-corrected chi connectivity index (χ2v) is 5.45. The molecule has 1 fully saturated rings. The molecule has 1 saturated heterocycles. The van der Waals surface area contributed by atoms with Crippen molar-refractivity contribution in [3.8, 4) is 0 Å². The monoisotopic (exact) mass is 247 g/mol. The van der Waals surface area contributed by atoms with Crippen molar-refractivity contribution in [3.63, 3.8) is 0 Å². The number of nitrogens with one attached hydrogen (secondary N) is 1. The Kier molecular flexibility index (Phi) is 4.72. The Balaban J connectivity index is 1.96. The van der Waals surface area contributed by atoms with E-state index in [4.69, 9.17) is 0 Å². The zero-order valence-electron chi connectivity index (χ0n) is 11.8. The zero-order chi connectivity index (χ0) is 13.0. The lowest BCUT2D eigenvalue weighted by Crippen LogP contribution is -2.52. The number of hydrogen-bond donors (Lipinski definition) is 1. The molecule has 0 spiro atoms. The Hall–Kier alpha value is -0.930. The van der Waals surface area contributed by atoms with Crippen LogP contribution >= 0.6 is 0 Å². The smallest absolute Gasteiger partial charge is 0.0573 e. The molecule has 0 aliphatic carbocycles. The molecule has 3 nitrogen and oxygen atoms in total. The fourth-order valence-corrected chi connectivity index (χ4v) is 2.55. The largest absolute Gasteiger partial charge is 0.311 e. The number of hydrogen-bond acceptors (Lipinski definition) is 3. The molecule has 2 unspecified atom stereocenters. The number of pyridine rings is 1. The third-order valence-electron chi connectivity index (χ3n) is 4.11. The summed E-state index contributed by atoms with van der Waals surface area (Å²) >= 11 is 0. The molecule has 0 amide bonds. The third-order valence-corrected chi connectivity index (χ3v) is 4.11. The van der Waals surface area contributed by atoms with Crippen LogP contribution in [0.15, 0.2) is 18.3 Å². The van der Waals surface area contributed by atoms with Gasteiger partial charge >= 0.3 is 0 Å². The minimum Gasteiger partial charge on any atom is -0.311 e. The number of piperazine rings is 1. The minimum atomic E-state index is 0.632. The van der Waals surface area contributed by atoms with Crippen molar-refractivity contribution in [2.45, 2.75) is 39.8 Å². The van der Waals surface area contributed by atoms with Crippen LogP contribution in [-0.4, -0.2) is 35.6 Å². The van der Waals surface area contributed by atoms with E-state index in [1.54, 1.807) is 0 Å². The highest BCUT2D eigenvalue weighted by atomic mass is 15.2. The van der Waals surface area contributed by atoms with Crippen molar-refractivity contribution in [1.82, 2.24) is 15.2 Å². The van der Waals surface area contributed by atoms with E-state index in [1.165, 1.54) is 17.7 Å². The van der Waals surface area contributed by atoms with Crippen LogP contribution in [0.2, 0.25) is 0 Å². The summed E-state index contributed by atoms with van der Waals surface area (Å²) < 4.78 is 0. The highest BCUT2D eigenvalue weighted by molar-refractivity contribution is 5.17. The molecule has 3 heteroatoms. The van der Waals surface area contributed by atoms with Crippen molar-refractivity contribution in [1.29, 1.82) is 0 Å². The second-order valence-electron chi connectivity index (χ2n) is 5.45. The van der Waals surface area contributed by atoms with Gasteiger partial charge in [-0.05, 0) is 24.5 Å². The van der Waals surface area contributed by atoms with Crippen LogP contribution in [0.4, 0.5) is 0 Å². The molecule has 18 heavy (non-hydrogen) atoms. The average molecular weight is 247 g/mol. The van der Waals surface area contributed by atoms with Crippen LogP contribution in [0.25, 0.3) is 0 Å². The fraction of sp³-hybridized carbons (Fsp3) is 0.667. The topological polar surface area (TPSA) is 28.2 Å². The Morgan fingerprint density at radius 2 is 2.39 bits per heavy atom. The normalized spacial score (nSPS) is 22.9. The molecule has 0 radical (unpaired) electrons. The number of aryl methyl sites for hydroxylation is 1. The molecule has 1 aromatic heterocycles. The highest BCUT2D eigenvalue weighted by Crippen LogP contribution is 2.15. The average Bonchev–Trinajstić information content (AvgIpc) is 2.41. The van der Waals surface area contributed by atoms with Crippen molar-refractivity contribution >= 4 is 0 Å². The molecule has 2 heterocycles. The van der Waals surface area contributed by atoms with Gasteiger partial charge in [0.1, 0.15) is 0 Å². The summed E-state index contributed by atoms with van der Waals surface area (Å²) in [6.45, 7) is 11.1. The van der Waals surface area contributed by atoms with Gasteiger partial charge in [-0.3, -0.25) is 9.88 Å². The van der Waals surface area contributed by atoms with Gasteiger partial charge in [0, 0.05) is 38.4 Å². The van der Waals surface area contributed by atoms with Crippen LogP contribution in [-0.2, 0) is 6.54 Å². The van der Waals surface area contributed by atoms with E-state index in [2.05, 4.69) is 42.0 Å². The van der Waals surface area contributed by atoms with Gasteiger partial charge in [-0.2, -0.15) is 0 Å². The van der Waals surface area contributed by atoms with Crippen molar-refractivity contribution in [3.05, 3.63) is 29.6 Å². The maximum atomic E-state index is 4.50. The Morgan fingerprint density at radius 3 is 3.11 bits per heavy atom. The second kappa shape index (κ2) is 6.30. The molecule has 1 N–H and O–H groups in total. The van der Waals surface area contributed by atoms with E-state index in [9.17, 15) is 0 Å². The summed E-state index contributed by atoms with van der Waals surface area (Å²) in [4.78, 5) is 7.03.